The molecule has 1 unspecified atom stereocenters. The van der Waals surface area contributed by atoms with E-state index in [1.807, 2.05) is 30.3 Å². The Hall–Kier alpha value is -1.78. The molecule has 1 saturated carbocycles. The average Bonchev–Trinajstić information content (AvgIpc) is 2.53. The number of hydrogen-bond acceptors (Lipinski definition) is 4. The van der Waals surface area contributed by atoms with Crippen LogP contribution in [0.15, 0.2) is 47.5 Å². The van der Waals surface area contributed by atoms with Crippen molar-refractivity contribution in [3.63, 3.8) is 0 Å². The van der Waals surface area contributed by atoms with Crippen molar-refractivity contribution in [1.82, 2.24) is 0 Å². The Kier molecular flexibility index (Phi) is 4.23. The lowest BCUT2D eigenvalue weighted by molar-refractivity contribution is -0.115. The molecule has 0 aromatic heterocycles. The standard InChI is InChI=1S/C18H21NO3/c20-14-8-10-18(22,11-9-14)17-7-6-16(21)15(19-17)12-13-4-2-1-3-5-13/h1-7,14-15,20,22H,8-12H2. The molecule has 0 radical (unpaired) electrons. The Morgan fingerprint density at radius 3 is 2.50 bits per heavy atom. The summed E-state index contributed by atoms with van der Waals surface area (Å²) in [4.78, 5) is 16.6. The number of aliphatic hydroxyl groups excluding tert-OH is 1. The first-order valence-corrected chi connectivity index (χ1v) is 7.81. The highest BCUT2D eigenvalue weighted by molar-refractivity contribution is 6.11. The Labute approximate surface area is 130 Å². The Morgan fingerprint density at radius 1 is 1.14 bits per heavy atom. The summed E-state index contributed by atoms with van der Waals surface area (Å²) in [6.07, 6.45) is 5.50. The van der Waals surface area contributed by atoms with E-state index in [1.165, 1.54) is 6.08 Å². The normalized spacial score (nSPS) is 31.9. The van der Waals surface area contributed by atoms with E-state index in [0.29, 0.717) is 37.8 Å². The van der Waals surface area contributed by atoms with Gasteiger partial charge in [-0.15, -0.1) is 0 Å². The van der Waals surface area contributed by atoms with Crippen molar-refractivity contribution in [2.45, 2.75) is 49.9 Å². The van der Waals surface area contributed by atoms with Gasteiger partial charge in [0, 0.05) is 6.42 Å². The summed E-state index contributed by atoms with van der Waals surface area (Å²) in [6.45, 7) is 0. The van der Waals surface area contributed by atoms with Gasteiger partial charge >= 0.3 is 0 Å². The van der Waals surface area contributed by atoms with Crippen molar-refractivity contribution < 1.29 is 15.0 Å². The number of benzene rings is 1. The van der Waals surface area contributed by atoms with E-state index in [9.17, 15) is 15.0 Å². The van der Waals surface area contributed by atoms with Crippen molar-refractivity contribution in [2.24, 2.45) is 4.99 Å². The van der Waals surface area contributed by atoms with Crippen LogP contribution in [0, 0.1) is 0 Å². The summed E-state index contributed by atoms with van der Waals surface area (Å²) >= 11 is 0. The molecule has 1 aliphatic heterocycles. The first-order chi connectivity index (χ1) is 10.6. The largest absolute Gasteiger partial charge is 0.393 e. The fraction of sp³-hybridized carbons (Fsp3) is 0.444. The lowest BCUT2D eigenvalue weighted by Gasteiger charge is -2.35. The molecule has 4 heteroatoms. The first kappa shape index (κ1) is 15.1. The molecule has 0 bridgehead atoms. The first-order valence-electron chi connectivity index (χ1n) is 7.81. The number of rotatable bonds is 3. The van der Waals surface area contributed by atoms with Gasteiger partial charge in [0.25, 0.3) is 0 Å². The molecule has 0 spiro atoms. The fourth-order valence-corrected chi connectivity index (χ4v) is 3.14. The van der Waals surface area contributed by atoms with E-state index in [1.54, 1.807) is 6.08 Å². The number of carbonyl (C=O) groups is 1. The zero-order valence-corrected chi connectivity index (χ0v) is 12.5. The third-order valence-electron chi connectivity index (χ3n) is 4.56. The van der Waals surface area contributed by atoms with Gasteiger partial charge in [0.1, 0.15) is 11.6 Å². The average molecular weight is 299 g/mol. The van der Waals surface area contributed by atoms with Gasteiger partial charge in [0.2, 0.25) is 0 Å². The molecule has 2 aliphatic rings. The number of dihydropyridines is 1. The van der Waals surface area contributed by atoms with Crippen molar-refractivity contribution in [1.29, 1.82) is 0 Å². The Morgan fingerprint density at radius 2 is 1.82 bits per heavy atom. The SMILES string of the molecule is O=C1C=CC(C2(O)CCC(O)CC2)=NC1Cc1ccccc1. The summed E-state index contributed by atoms with van der Waals surface area (Å²) in [5, 5.41) is 20.4. The van der Waals surface area contributed by atoms with Crippen LogP contribution in [-0.2, 0) is 11.2 Å². The molecule has 2 N–H and O–H groups in total. The number of ketones is 1. The predicted molar refractivity (Wildman–Crippen MR) is 84.9 cm³/mol. The second-order valence-electron chi connectivity index (χ2n) is 6.22. The van der Waals surface area contributed by atoms with Gasteiger partial charge in [-0.3, -0.25) is 9.79 Å². The summed E-state index contributed by atoms with van der Waals surface area (Å²) in [5.74, 6) is -0.0213. The molecule has 1 heterocycles. The highest BCUT2D eigenvalue weighted by Gasteiger charge is 2.38. The summed E-state index contributed by atoms with van der Waals surface area (Å²) in [5.41, 5.74) is 0.635. The smallest absolute Gasteiger partial charge is 0.180 e. The summed E-state index contributed by atoms with van der Waals surface area (Å²) in [7, 11) is 0. The third-order valence-corrected chi connectivity index (χ3v) is 4.56. The molecule has 0 amide bonds. The van der Waals surface area contributed by atoms with Gasteiger partial charge in [-0.1, -0.05) is 30.3 Å². The topological polar surface area (TPSA) is 69.9 Å². The Bertz CT molecular complexity index is 598. The quantitative estimate of drug-likeness (QED) is 0.895. The highest BCUT2D eigenvalue weighted by atomic mass is 16.3. The molecule has 0 saturated heterocycles. The van der Waals surface area contributed by atoms with Crippen LogP contribution in [0.3, 0.4) is 0 Å². The van der Waals surface area contributed by atoms with Gasteiger partial charge in [-0.05, 0) is 43.4 Å². The molecule has 4 nitrogen and oxygen atoms in total. The van der Waals surface area contributed by atoms with Crippen molar-refractivity contribution in [3.05, 3.63) is 48.0 Å². The van der Waals surface area contributed by atoms with Gasteiger partial charge in [-0.2, -0.15) is 0 Å². The highest BCUT2D eigenvalue weighted by Crippen LogP contribution is 2.31. The minimum Gasteiger partial charge on any atom is -0.393 e. The molecule has 22 heavy (non-hydrogen) atoms. The zero-order chi connectivity index (χ0) is 15.6. The maximum atomic E-state index is 12.1. The van der Waals surface area contributed by atoms with E-state index >= 15 is 0 Å². The van der Waals surface area contributed by atoms with Crippen LogP contribution in [0.4, 0.5) is 0 Å². The Balaban J connectivity index is 1.78. The summed E-state index contributed by atoms with van der Waals surface area (Å²) < 4.78 is 0. The fourth-order valence-electron chi connectivity index (χ4n) is 3.14. The number of hydrogen-bond donors (Lipinski definition) is 2. The minimum atomic E-state index is -1.01. The van der Waals surface area contributed by atoms with Gasteiger partial charge in [0.05, 0.1) is 11.8 Å². The molecule has 1 fully saturated rings. The van der Waals surface area contributed by atoms with Crippen LogP contribution < -0.4 is 0 Å². The molecule has 1 aromatic rings. The van der Waals surface area contributed by atoms with Gasteiger partial charge < -0.3 is 10.2 Å². The predicted octanol–water partition coefficient (Wildman–Crippen LogP) is 1.84. The van der Waals surface area contributed by atoms with Gasteiger partial charge in [-0.25, -0.2) is 0 Å². The number of aliphatic hydroxyl groups is 2. The van der Waals surface area contributed by atoms with E-state index in [4.69, 9.17) is 0 Å². The van der Waals surface area contributed by atoms with E-state index in [2.05, 4.69) is 4.99 Å². The molecule has 116 valence electrons. The molecule has 3 rings (SSSR count). The lowest BCUT2D eigenvalue weighted by atomic mass is 9.79. The maximum Gasteiger partial charge on any atom is 0.180 e. The van der Waals surface area contributed by atoms with Crippen molar-refractivity contribution in [2.75, 3.05) is 0 Å². The molecular formula is C18H21NO3. The molecule has 1 aliphatic carbocycles. The number of nitrogens with zero attached hydrogens (tertiary/aromatic N) is 1. The molecule has 1 aromatic carbocycles. The maximum absolute atomic E-state index is 12.1. The van der Waals surface area contributed by atoms with Crippen LogP contribution in [-0.4, -0.2) is 39.5 Å². The number of carbonyl (C=O) groups excluding carboxylic acids is 1. The molecule has 1 atom stereocenters. The van der Waals surface area contributed by atoms with Crippen LogP contribution in [0.1, 0.15) is 31.2 Å². The minimum absolute atomic E-state index is 0.0213. The summed E-state index contributed by atoms with van der Waals surface area (Å²) in [6, 6.07) is 9.33. The monoisotopic (exact) mass is 299 g/mol. The number of aliphatic imine (C=N–C) groups is 1. The van der Waals surface area contributed by atoms with E-state index in [-0.39, 0.29) is 11.9 Å². The van der Waals surface area contributed by atoms with Crippen LogP contribution >= 0.6 is 0 Å². The van der Waals surface area contributed by atoms with E-state index < -0.39 is 11.6 Å². The lowest BCUT2D eigenvalue weighted by Crippen LogP contribution is -2.44. The van der Waals surface area contributed by atoms with Crippen LogP contribution in [0.5, 0.6) is 0 Å². The van der Waals surface area contributed by atoms with Gasteiger partial charge in [0.15, 0.2) is 5.78 Å². The molecular weight excluding hydrogens is 278 g/mol. The van der Waals surface area contributed by atoms with E-state index in [0.717, 1.165) is 5.56 Å². The second kappa shape index (κ2) is 6.15. The second-order valence-corrected chi connectivity index (χ2v) is 6.22. The van der Waals surface area contributed by atoms with Crippen LogP contribution in [0.25, 0.3) is 0 Å². The zero-order valence-electron chi connectivity index (χ0n) is 12.5. The van der Waals surface area contributed by atoms with Crippen molar-refractivity contribution >= 4 is 11.5 Å². The van der Waals surface area contributed by atoms with Crippen LogP contribution in [0.2, 0.25) is 0 Å². The van der Waals surface area contributed by atoms with Crippen molar-refractivity contribution in [3.8, 4) is 0 Å². The third kappa shape index (κ3) is 3.18.